The molecule has 0 aliphatic rings. The molecule has 0 aromatic heterocycles. The maximum Gasteiger partial charge on any atom is 0.306 e. The van der Waals surface area contributed by atoms with Crippen molar-refractivity contribution in [1.82, 2.24) is 5.32 Å². The van der Waals surface area contributed by atoms with Crippen LogP contribution in [0.3, 0.4) is 0 Å². The molecule has 0 saturated heterocycles. The number of phosphoric ester groups is 1. The van der Waals surface area contributed by atoms with Crippen molar-refractivity contribution < 1.29 is 37.3 Å². The Morgan fingerprint density at radius 1 is 0.447 bits per heavy atom. The van der Waals surface area contributed by atoms with Crippen LogP contribution in [0.4, 0.5) is 0 Å². The Morgan fingerprint density at radius 3 is 1.13 bits per heavy atom. The van der Waals surface area contributed by atoms with E-state index in [9.17, 15) is 19.0 Å². The number of quaternary nitrogens is 1. The smallest absolute Gasteiger partial charge is 0.306 e. The van der Waals surface area contributed by atoms with Crippen molar-refractivity contribution in [1.29, 1.82) is 0 Å². The molecule has 10 heteroatoms. The maximum absolute atomic E-state index is 13.5. The third kappa shape index (κ3) is 56.9. The van der Waals surface area contributed by atoms with Crippen LogP contribution in [0.2, 0.25) is 0 Å². The molecule has 1 amide bonds. The number of carbonyl (C=O) groups excluding carboxylic acids is 2. The van der Waals surface area contributed by atoms with Gasteiger partial charge in [0.25, 0.3) is 7.82 Å². The Hall–Kier alpha value is -1.77. The third-order valence-electron chi connectivity index (χ3n) is 14.8. The zero-order chi connectivity index (χ0) is 55.7. The zero-order valence-electron chi connectivity index (χ0n) is 51.2. The van der Waals surface area contributed by atoms with E-state index in [-0.39, 0.29) is 31.5 Å². The molecule has 0 rings (SSSR count). The van der Waals surface area contributed by atoms with Crippen molar-refractivity contribution in [3.63, 3.8) is 0 Å². The fourth-order valence-electron chi connectivity index (χ4n) is 9.69. The van der Waals surface area contributed by atoms with Gasteiger partial charge in [-0.1, -0.05) is 263 Å². The Bertz CT molecular complexity index is 1400. The van der Waals surface area contributed by atoms with Crippen LogP contribution in [0.5, 0.6) is 0 Å². The minimum Gasteiger partial charge on any atom is -0.756 e. The lowest BCUT2D eigenvalue weighted by Crippen LogP contribution is -2.47. The number of hydrogen-bond donors (Lipinski definition) is 1. The molecule has 3 unspecified atom stereocenters. The minimum atomic E-state index is -4.70. The van der Waals surface area contributed by atoms with Gasteiger partial charge in [0.2, 0.25) is 5.91 Å². The van der Waals surface area contributed by atoms with Gasteiger partial charge >= 0.3 is 5.97 Å². The average molecular weight is 1090 g/mol. The van der Waals surface area contributed by atoms with E-state index in [1.807, 2.05) is 33.3 Å². The highest BCUT2D eigenvalue weighted by Crippen LogP contribution is 2.38. The number of esters is 1. The molecular weight excluding hydrogens is 964 g/mol. The fraction of sp³-hybridized carbons (Fsp3) is 0.879. The molecule has 0 aromatic rings. The molecule has 0 fully saturated rings. The number of unbranched alkanes of at least 4 members (excludes halogenated alkanes) is 40. The van der Waals surface area contributed by atoms with Crippen molar-refractivity contribution in [3.8, 4) is 0 Å². The predicted octanol–water partition coefficient (Wildman–Crippen LogP) is 19.7. The molecule has 0 spiro atoms. The van der Waals surface area contributed by atoms with Crippen molar-refractivity contribution in [3.05, 3.63) is 36.5 Å². The summed E-state index contributed by atoms with van der Waals surface area (Å²) in [5, 5.41) is 3.03. The largest absolute Gasteiger partial charge is 0.756 e. The second-order valence-electron chi connectivity index (χ2n) is 23.6. The Morgan fingerprint density at radius 2 is 0.763 bits per heavy atom. The van der Waals surface area contributed by atoms with Crippen LogP contribution in [0.25, 0.3) is 0 Å². The fourth-order valence-corrected chi connectivity index (χ4v) is 10.4. The molecule has 0 aliphatic heterocycles. The SMILES string of the molecule is CCCCCCCC/C=C/CCCCCCCCCCCCCCCCCC(=O)NC(COP(=O)([O-])OCC[N+](C)(C)C)C(/C=C\CCCCCCCCCCC)OC(=O)CCCCC/C=C\CCCCCCCCC. The zero-order valence-corrected chi connectivity index (χ0v) is 52.1. The number of amides is 1. The molecule has 1 N–H and O–H groups in total. The summed E-state index contributed by atoms with van der Waals surface area (Å²) >= 11 is 0. The van der Waals surface area contributed by atoms with Gasteiger partial charge in [0.15, 0.2) is 0 Å². The van der Waals surface area contributed by atoms with E-state index in [4.69, 9.17) is 13.8 Å². The molecule has 0 bridgehead atoms. The minimum absolute atomic E-state index is 0.0223. The second kappa shape index (κ2) is 56.5. The highest BCUT2D eigenvalue weighted by molar-refractivity contribution is 7.45. The third-order valence-corrected chi connectivity index (χ3v) is 15.8. The van der Waals surface area contributed by atoms with E-state index in [0.717, 1.165) is 64.2 Å². The summed E-state index contributed by atoms with van der Waals surface area (Å²) in [6.07, 6.45) is 68.4. The van der Waals surface area contributed by atoms with Crippen LogP contribution in [0.1, 0.15) is 323 Å². The van der Waals surface area contributed by atoms with Crippen molar-refractivity contribution in [2.24, 2.45) is 0 Å². The lowest BCUT2D eigenvalue weighted by atomic mass is 10.0. The maximum atomic E-state index is 13.5. The van der Waals surface area contributed by atoms with Crippen LogP contribution in [0.15, 0.2) is 36.5 Å². The summed E-state index contributed by atoms with van der Waals surface area (Å²) in [5.74, 6) is -0.547. The Kier molecular flexibility index (Phi) is 55.2. The van der Waals surface area contributed by atoms with Crippen molar-refractivity contribution in [2.75, 3.05) is 40.9 Å². The molecule has 3 atom stereocenters. The van der Waals surface area contributed by atoms with Gasteiger partial charge in [-0.25, -0.2) is 0 Å². The number of carbonyl (C=O) groups is 2. The number of nitrogens with zero attached hydrogens (tertiary/aromatic N) is 1. The van der Waals surface area contributed by atoms with E-state index >= 15 is 0 Å². The quantitative estimate of drug-likeness (QED) is 0.0212. The van der Waals surface area contributed by atoms with Gasteiger partial charge < -0.3 is 28.5 Å². The average Bonchev–Trinajstić information content (AvgIpc) is 3.38. The molecule has 0 aliphatic carbocycles. The Labute approximate surface area is 472 Å². The highest BCUT2D eigenvalue weighted by atomic mass is 31.2. The molecule has 9 nitrogen and oxygen atoms in total. The van der Waals surface area contributed by atoms with Crippen molar-refractivity contribution >= 4 is 19.7 Å². The van der Waals surface area contributed by atoms with Crippen LogP contribution in [0, 0.1) is 0 Å². The van der Waals surface area contributed by atoms with Gasteiger partial charge in [0, 0.05) is 12.8 Å². The summed E-state index contributed by atoms with van der Waals surface area (Å²) < 4.78 is 30.3. The molecule has 0 heterocycles. The molecule has 76 heavy (non-hydrogen) atoms. The van der Waals surface area contributed by atoms with Gasteiger partial charge in [0.05, 0.1) is 33.8 Å². The number of likely N-dealkylation sites (N-methyl/N-ethyl adjacent to an activating group) is 1. The van der Waals surface area contributed by atoms with E-state index in [0.29, 0.717) is 23.9 Å². The van der Waals surface area contributed by atoms with Crippen LogP contribution >= 0.6 is 7.82 Å². The topological polar surface area (TPSA) is 114 Å². The van der Waals surface area contributed by atoms with Gasteiger partial charge in [-0.15, -0.1) is 0 Å². The first-order chi connectivity index (χ1) is 36.9. The number of phosphoric acid groups is 1. The molecular formula is C66H127N2O7P. The molecule has 0 radical (unpaired) electrons. The lowest BCUT2D eigenvalue weighted by Gasteiger charge is -2.30. The van der Waals surface area contributed by atoms with Gasteiger partial charge in [-0.3, -0.25) is 14.2 Å². The first kappa shape index (κ1) is 74.2. The van der Waals surface area contributed by atoms with Crippen LogP contribution < -0.4 is 10.2 Å². The summed E-state index contributed by atoms with van der Waals surface area (Å²) in [7, 11) is 1.19. The molecule has 448 valence electrons. The van der Waals surface area contributed by atoms with E-state index < -0.39 is 20.0 Å². The second-order valence-corrected chi connectivity index (χ2v) is 25.0. The predicted molar refractivity (Wildman–Crippen MR) is 326 cm³/mol. The normalized spacial score (nSPS) is 13.8. The van der Waals surface area contributed by atoms with E-state index in [2.05, 4.69) is 50.4 Å². The summed E-state index contributed by atoms with van der Waals surface area (Å²) in [5.41, 5.74) is 0. The molecule has 0 aromatic carbocycles. The number of hydrogen-bond acceptors (Lipinski definition) is 7. The lowest BCUT2D eigenvalue weighted by molar-refractivity contribution is -0.870. The monoisotopic (exact) mass is 1090 g/mol. The first-order valence-electron chi connectivity index (χ1n) is 32.8. The highest BCUT2D eigenvalue weighted by Gasteiger charge is 2.27. The van der Waals surface area contributed by atoms with Gasteiger partial charge in [0.1, 0.15) is 19.3 Å². The summed E-state index contributed by atoms with van der Waals surface area (Å²) in [6, 6.07) is -0.890. The van der Waals surface area contributed by atoms with Crippen LogP contribution in [-0.2, 0) is 27.9 Å². The molecule has 0 saturated carbocycles. The number of allylic oxidation sites excluding steroid dienone is 5. The Balaban J connectivity index is 5.03. The van der Waals surface area contributed by atoms with Crippen molar-refractivity contribution in [2.45, 2.75) is 335 Å². The first-order valence-corrected chi connectivity index (χ1v) is 34.3. The number of rotatable bonds is 60. The standard InChI is InChI=1S/C66H127N2O7P/c1-7-10-13-16-19-22-25-27-29-30-31-32-33-34-35-36-37-38-39-40-43-46-49-52-55-58-65(69)67-63(62-74-76(71,72)73-61-60-68(4,5)6)64(57-54-51-48-45-42-24-21-18-15-12-9-3)75-66(70)59-56-53-50-47-44-41-28-26-23-20-17-14-11-8-2/h27,29,41,44,54,57,63-64H,7-26,28,30-40,42-43,45-53,55-56,58-62H2,1-6H3,(H-,67,69,71,72)/b29-27+,44-41-,57-54-. The summed E-state index contributed by atoms with van der Waals surface area (Å²) in [4.78, 5) is 40.0. The number of nitrogens with one attached hydrogen (secondary N) is 1. The van der Waals surface area contributed by atoms with Gasteiger partial charge in [-0.05, 0) is 83.1 Å². The van der Waals surface area contributed by atoms with Gasteiger partial charge in [-0.2, -0.15) is 0 Å². The summed E-state index contributed by atoms with van der Waals surface area (Å²) in [6.45, 7) is 6.85. The van der Waals surface area contributed by atoms with E-state index in [1.165, 1.54) is 218 Å². The van der Waals surface area contributed by atoms with E-state index in [1.54, 1.807) is 0 Å². The number of ether oxygens (including phenoxy) is 1. The van der Waals surface area contributed by atoms with Crippen LogP contribution in [-0.4, -0.2) is 69.4 Å².